The molecule has 3 heterocycles. The highest BCUT2D eigenvalue weighted by Gasteiger charge is 2.20. The number of aromatic nitrogens is 6. The molecule has 1 N–H and O–H groups in total. The second kappa shape index (κ2) is 11.8. The maximum absolute atomic E-state index is 13.8. The van der Waals surface area contributed by atoms with E-state index in [1.165, 1.54) is 0 Å². The van der Waals surface area contributed by atoms with Crippen molar-refractivity contribution in [2.24, 2.45) is 0 Å². The van der Waals surface area contributed by atoms with Crippen LogP contribution in [-0.4, -0.2) is 53.2 Å². The van der Waals surface area contributed by atoms with E-state index in [9.17, 15) is 4.79 Å². The van der Waals surface area contributed by atoms with E-state index in [2.05, 4.69) is 56.7 Å². The van der Waals surface area contributed by atoms with E-state index in [-0.39, 0.29) is 5.56 Å². The summed E-state index contributed by atoms with van der Waals surface area (Å²) in [6, 6.07) is 16.3. The Bertz CT molecular complexity index is 1460. The number of likely N-dealkylation sites (tertiary alicyclic amines) is 1. The Morgan fingerprint density at radius 1 is 1.05 bits per heavy atom. The Labute approximate surface area is 228 Å². The molecule has 0 aliphatic carbocycles. The van der Waals surface area contributed by atoms with Crippen molar-refractivity contribution in [2.75, 3.05) is 13.1 Å². The number of aromatic amines is 1. The summed E-state index contributed by atoms with van der Waals surface area (Å²) in [5, 5.41) is 14.5. The lowest BCUT2D eigenvalue weighted by Crippen LogP contribution is -2.34. The third kappa shape index (κ3) is 5.57. The van der Waals surface area contributed by atoms with Crippen LogP contribution in [0.5, 0.6) is 0 Å². The Morgan fingerprint density at radius 2 is 1.79 bits per heavy atom. The molecule has 8 nitrogen and oxygen atoms in total. The molecule has 0 saturated carbocycles. The summed E-state index contributed by atoms with van der Waals surface area (Å²) >= 11 is 5.73. The van der Waals surface area contributed by atoms with Crippen LogP contribution in [0, 0.1) is 6.92 Å². The van der Waals surface area contributed by atoms with Crippen LogP contribution in [-0.2, 0) is 19.4 Å². The smallest absolute Gasteiger partial charge is 0.257 e. The SMILES string of the molecule is CCCCc1nc(C)c(CC(=S)N2CCCC2)c(=O)n1Cc1ccc(-c2ccccc2-c2nn[nH]n2)cc1. The van der Waals surface area contributed by atoms with E-state index in [0.29, 0.717) is 24.4 Å². The third-order valence-corrected chi connectivity index (χ3v) is 7.61. The van der Waals surface area contributed by atoms with Gasteiger partial charge < -0.3 is 4.90 Å². The molecule has 0 unspecified atom stereocenters. The lowest BCUT2D eigenvalue weighted by Gasteiger charge is -2.20. The first-order valence-corrected chi connectivity index (χ1v) is 13.7. The van der Waals surface area contributed by atoms with Gasteiger partial charge in [0.05, 0.1) is 11.5 Å². The number of tetrazole rings is 1. The van der Waals surface area contributed by atoms with Crippen molar-refractivity contribution in [1.82, 2.24) is 35.1 Å². The highest BCUT2D eigenvalue weighted by Crippen LogP contribution is 2.29. The molecular formula is C29H33N7OS. The summed E-state index contributed by atoms with van der Waals surface area (Å²) in [4.78, 5) is 21.8. The molecule has 1 fully saturated rings. The predicted molar refractivity (Wildman–Crippen MR) is 153 cm³/mol. The lowest BCUT2D eigenvalue weighted by atomic mass is 9.98. The summed E-state index contributed by atoms with van der Waals surface area (Å²) in [6.45, 7) is 6.54. The van der Waals surface area contributed by atoms with Gasteiger partial charge in [0, 0.05) is 42.8 Å². The number of thiocarbonyl (C=S) groups is 1. The van der Waals surface area contributed by atoms with Crippen molar-refractivity contribution in [3.63, 3.8) is 0 Å². The molecule has 4 aromatic rings. The summed E-state index contributed by atoms with van der Waals surface area (Å²) in [5.41, 5.74) is 5.57. The van der Waals surface area contributed by atoms with Gasteiger partial charge in [-0.05, 0) is 48.1 Å². The summed E-state index contributed by atoms with van der Waals surface area (Å²) in [5.74, 6) is 1.40. The maximum atomic E-state index is 13.8. The summed E-state index contributed by atoms with van der Waals surface area (Å²) in [7, 11) is 0. The number of H-pyrrole nitrogens is 1. The van der Waals surface area contributed by atoms with Gasteiger partial charge in [-0.1, -0.05) is 74.1 Å². The summed E-state index contributed by atoms with van der Waals surface area (Å²) < 4.78 is 1.85. The highest BCUT2D eigenvalue weighted by atomic mass is 32.1. The Balaban J connectivity index is 1.44. The second-order valence-corrected chi connectivity index (χ2v) is 10.3. The van der Waals surface area contributed by atoms with E-state index in [4.69, 9.17) is 17.2 Å². The molecule has 9 heteroatoms. The van der Waals surface area contributed by atoms with Crippen molar-refractivity contribution in [3.8, 4) is 22.5 Å². The molecule has 0 spiro atoms. The zero-order chi connectivity index (χ0) is 26.5. The van der Waals surface area contributed by atoms with Gasteiger partial charge in [0.1, 0.15) is 5.82 Å². The van der Waals surface area contributed by atoms with Crippen LogP contribution in [0.4, 0.5) is 0 Å². The first-order valence-electron chi connectivity index (χ1n) is 13.3. The van der Waals surface area contributed by atoms with Gasteiger partial charge in [-0.3, -0.25) is 9.36 Å². The molecule has 2 aromatic heterocycles. The van der Waals surface area contributed by atoms with Gasteiger partial charge in [0.25, 0.3) is 5.56 Å². The number of nitrogens with zero attached hydrogens (tertiary/aromatic N) is 6. The van der Waals surface area contributed by atoms with Crippen molar-refractivity contribution in [2.45, 2.75) is 58.9 Å². The van der Waals surface area contributed by atoms with Crippen molar-refractivity contribution < 1.29 is 0 Å². The van der Waals surface area contributed by atoms with Gasteiger partial charge in [0.15, 0.2) is 0 Å². The van der Waals surface area contributed by atoms with Gasteiger partial charge in [-0.25, -0.2) is 4.98 Å². The normalized spacial score (nSPS) is 13.3. The first-order chi connectivity index (χ1) is 18.5. The van der Waals surface area contributed by atoms with Gasteiger partial charge in [0.2, 0.25) is 5.82 Å². The molecule has 1 aliphatic rings. The van der Waals surface area contributed by atoms with E-state index >= 15 is 0 Å². The van der Waals surface area contributed by atoms with Crippen LogP contribution in [0.2, 0.25) is 0 Å². The number of aryl methyl sites for hydroxylation is 2. The minimum absolute atomic E-state index is 0.0247. The summed E-state index contributed by atoms with van der Waals surface area (Å²) in [6.07, 6.45) is 5.61. The molecule has 0 radical (unpaired) electrons. The molecule has 2 aromatic carbocycles. The Kier molecular flexibility index (Phi) is 8.03. The monoisotopic (exact) mass is 527 g/mol. The third-order valence-electron chi connectivity index (χ3n) is 7.21. The zero-order valence-electron chi connectivity index (χ0n) is 22.0. The van der Waals surface area contributed by atoms with Crippen LogP contribution in [0.3, 0.4) is 0 Å². The number of rotatable bonds is 9. The standard InChI is InChI=1S/C29H33N7OS/c1-3-4-11-26-30-20(2)25(18-27(38)35-16-7-8-17-35)29(37)36(26)19-21-12-14-22(15-13-21)23-9-5-6-10-24(23)28-31-33-34-32-28/h5-6,9-10,12-15H,3-4,7-8,11,16-19H2,1-2H3,(H,31,32,33,34). The minimum Gasteiger partial charge on any atom is -0.366 e. The average Bonchev–Trinajstić information content (AvgIpc) is 3.67. The molecule has 0 atom stereocenters. The number of nitrogens with one attached hydrogen (secondary N) is 1. The fourth-order valence-electron chi connectivity index (χ4n) is 5.06. The van der Waals surface area contributed by atoms with Crippen molar-refractivity contribution >= 4 is 17.2 Å². The molecule has 1 saturated heterocycles. The average molecular weight is 528 g/mol. The molecule has 196 valence electrons. The molecule has 0 bridgehead atoms. The second-order valence-electron chi connectivity index (χ2n) is 9.83. The van der Waals surface area contributed by atoms with Gasteiger partial charge in [-0.2, -0.15) is 5.21 Å². The van der Waals surface area contributed by atoms with E-state index in [0.717, 1.165) is 84.0 Å². The molecule has 1 aliphatic heterocycles. The topological polar surface area (TPSA) is 92.6 Å². The largest absolute Gasteiger partial charge is 0.366 e. The van der Waals surface area contributed by atoms with Crippen LogP contribution in [0.1, 0.15) is 55.3 Å². The van der Waals surface area contributed by atoms with Crippen LogP contribution >= 0.6 is 12.2 Å². The number of benzene rings is 2. The van der Waals surface area contributed by atoms with Crippen molar-refractivity contribution in [1.29, 1.82) is 0 Å². The number of unbranched alkanes of at least 4 members (excludes halogenated alkanes) is 1. The van der Waals surface area contributed by atoms with Gasteiger partial charge >= 0.3 is 0 Å². The minimum atomic E-state index is 0.0247. The molecular weight excluding hydrogens is 494 g/mol. The first kappa shape index (κ1) is 25.9. The lowest BCUT2D eigenvalue weighted by molar-refractivity contribution is 0.520. The van der Waals surface area contributed by atoms with E-state index in [1.807, 2.05) is 35.8 Å². The van der Waals surface area contributed by atoms with Crippen molar-refractivity contribution in [3.05, 3.63) is 81.5 Å². The molecule has 5 rings (SSSR count). The van der Waals surface area contributed by atoms with E-state index < -0.39 is 0 Å². The van der Waals surface area contributed by atoms with E-state index in [1.54, 1.807) is 0 Å². The quantitative estimate of drug-likeness (QED) is 0.314. The molecule has 0 amide bonds. The molecule has 38 heavy (non-hydrogen) atoms. The Morgan fingerprint density at radius 3 is 2.47 bits per heavy atom. The fourth-order valence-corrected chi connectivity index (χ4v) is 5.38. The number of hydrogen-bond donors (Lipinski definition) is 1. The van der Waals surface area contributed by atoms with Crippen LogP contribution in [0.25, 0.3) is 22.5 Å². The van der Waals surface area contributed by atoms with Gasteiger partial charge in [-0.15, -0.1) is 10.2 Å². The van der Waals surface area contributed by atoms with Crippen LogP contribution < -0.4 is 5.56 Å². The fraction of sp³-hybridized carbons (Fsp3) is 0.379. The maximum Gasteiger partial charge on any atom is 0.257 e. The Hall–Kier alpha value is -3.72. The predicted octanol–water partition coefficient (Wildman–Crippen LogP) is 4.76. The number of hydrogen-bond acceptors (Lipinski definition) is 6. The highest BCUT2D eigenvalue weighted by molar-refractivity contribution is 7.80. The van der Waals surface area contributed by atoms with Crippen LogP contribution in [0.15, 0.2) is 53.3 Å². The zero-order valence-corrected chi connectivity index (χ0v) is 22.8.